The molecule has 88 valence electrons. The second kappa shape index (κ2) is 4.65. The van der Waals surface area contributed by atoms with E-state index in [0.29, 0.717) is 22.8 Å². The van der Waals surface area contributed by atoms with E-state index in [9.17, 15) is 4.79 Å². The molecule has 0 spiro atoms. The van der Waals surface area contributed by atoms with E-state index >= 15 is 0 Å². The lowest BCUT2D eigenvalue weighted by molar-refractivity contribution is 0.102. The van der Waals surface area contributed by atoms with Gasteiger partial charge < -0.3 is 9.84 Å². The summed E-state index contributed by atoms with van der Waals surface area (Å²) in [4.78, 5) is 15.9. The number of carbonyl (C=O) groups is 1. The summed E-state index contributed by atoms with van der Waals surface area (Å²) in [6, 6.07) is 3.28. The Labute approximate surface area is 98.0 Å². The van der Waals surface area contributed by atoms with Crippen LogP contribution in [-0.2, 0) is 0 Å². The van der Waals surface area contributed by atoms with Crippen LogP contribution in [0.2, 0.25) is 0 Å². The maximum atomic E-state index is 11.9. The van der Waals surface area contributed by atoms with Gasteiger partial charge >= 0.3 is 0 Å². The van der Waals surface area contributed by atoms with Gasteiger partial charge in [0.05, 0.1) is 23.1 Å². The van der Waals surface area contributed by atoms with Crippen LogP contribution in [0.25, 0.3) is 0 Å². The first kappa shape index (κ1) is 11.1. The highest BCUT2D eigenvalue weighted by atomic mass is 16.5. The van der Waals surface area contributed by atoms with Crippen LogP contribution >= 0.6 is 0 Å². The normalized spacial score (nSPS) is 10.0. The molecule has 0 radical (unpaired) electrons. The minimum absolute atomic E-state index is 0.270. The van der Waals surface area contributed by atoms with Crippen LogP contribution in [-0.4, -0.2) is 23.1 Å². The molecule has 0 aliphatic carbocycles. The highest BCUT2D eigenvalue weighted by molar-refractivity contribution is 6.07. The van der Waals surface area contributed by atoms with E-state index < -0.39 is 0 Å². The zero-order valence-corrected chi connectivity index (χ0v) is 9.52. The number of anilines is 2. The molecule has 0 saturated heterocycles. The molecule has 0 saturated carbocycles. The van der Waals surface area contributed by atoms with E-state index in [1.807, 2.05) is 0 Å². The number of nitrogens with zero attached hydrogens (tertiary/aromatic N) is 2. The second-order valence-corrected chi connectivity index (χ2v) is 3.46. The average Bonchev–Trinajstić information content (AvgIpc) is 2.74. The number of aromatic nitrogens is 2. The predicted octanol–water partition coefficient (Wildman–Crippen LogP) is 1.67. The molecule has 6 nitrogen and oxygen atoms in total. The van der Waals surface area contributed by atoms with E-state index in [1.165, 1.54) is 0 Å². The third-order valence-corrected chi connectivity index (χ3v) is 2.20. The second-order valence-electron chi connectivity index (χ2n) is 3.46. The standard InChI is InChI=1S/C11H12N4O2/c1-7-5-10(17-15-7)14-11(16)8-3-4-13-6-9(8)12-2/h3-6,12H,1-2H3,(H,14,16). The van der Waals surface area contributed by atoms with Crippen LogP contribution in [0.3, 0.4) is 0 Å². The molecule has 2 rings (SSSR count). The van der Waals surface area contributed by atoms with Crippen molar-refractivity contribution in [3.05, 3.63) is 35.8 Å². The summed E-state index contributed by atoms with van der Waals surface area (Å²) in [6.45, 7) is 1.78. The van der Waals surface area contributed by atoms with Gasteiger partial charge in [-0.1, -0.05) is 5.16 Å². The van der Waals surface area contributed by atoms with Gasteiger partial charge in [-0.15, -0.1) is 0 Å². The lowest BCUT2D eigenvalue weighted by Gasteiger charge is -2.06. The zero-order valence-electron chi connectivity index (χ0n) is 9.52. The Hall–Kier alpha value is -2.37. The van der Waals surface area contributed by atoms with E-state index in [-0.39, 0.29) is 5.91 Å². The Kier molecular flexibility index (Phi) is 3.04. The summed E-state index contributed by atoms with van der Waals surface area (Å²) >= 11 is 0. The number of nitrogens with one attached hydrogen (secondary N) is 2. The SMILES string of the molecule is CNc1cnccc1C(=O)Nc1cc(C)no1. The number of hydrogen-bond acceptors (Lipinski definition) is 5. The number of pyridine rings is 1. The molecule has 0 aliphatic heterocycles. The van der Waals surface area contributed by atoms with Crippen LogP contribution in [0.4, 0.5) is 11.6 Å². The van der Waals surface area contributed by atoms with Gasteiger partial charge in [0.1, 0.15) is 0 Å². The fourth-order valence-electron chi connectivity index (χ4n) is 1.39. The van der Waals surface area contributed by atoms with E-state index in [2.05, 4.69) is 20.8 Å². The third kappa shape index (κ3) is 2.41. The van der Waals surface area contributed by atoms with E-state index in [1.54, 1.807) is 38.5 Å². The van der Waals surface area contributed by atoms with Crippen molar-refractivity contribution in [1.29, 1.82) is 0 Å². The van der Waals surface area contributed by atoms with Gasteiger partial charge in [0.2, 0.25) is 5.88 Å². The van der Waals surface area contributed by atoms with Crippen molar-refractivity contribution in [3.8, 4) is 0 Å². The fraction of sp³-hybridized carbons (Fsp3) is 0.182. The number of amides is 1. The summed E-state index contributed by atoms with van der Waals surface area (Å²) in [6.07, 6.45) is 3.14. The zero-order chi connectivity index (χ0) is 12.3. The van der Waals surface area contributed by atoms with Crippen molar-refractivity contribution in [3.63, 3.8) is 0 Å². The Morgan fingerprint density at radius 1 is 1.47 bits per heavy atom. The minimum Gasteiger partial charge on any atom is -0.386 e. The Balaban J connectivity index is 2.20. The molecule has 0 unspecified atom stereocenters. The van der Waals surface area contributed by atoms with Crippen LogP contribution in [0.15, 0.2) is 29.0 Å². The highest BCUT2D eigenvalue weighted by Crippen LogP contribution is 2.15. The summed E-state index contributed by atoms with van der Waals surface area (Å²) < 4.78 is 4.91. The van der Waals surface area contributed by atoms with Crippen molar-refractivity contribution in [2.45, 2.75) is 6.92 Å². The van der Waals surface area contributed by atoms with Crippen LogP contribution < -0.4 is 10.6 Å². The van der Waals surface area contributed by atoms with Gasteiger partial charge in [-0.25, -0.2) is 0 Å². The van der Waals surface area contributed by atoms with Crippen molar-refractivity contribution in [2.24, 2.45) is 0 Å². The molecule has 0 fully saturated rings. The largest absolute Gasteiger partial charge is 0.386 e. The summed E-state index contributed by atoms with van der Waals surface area (Å²) in [5.41, 5.74) is 1.86. The van der Waals surface area contributed by atoms with Crippen molar-refractivity contribution in [2.75, 3.05) is 17.7 Å². The quantitative estimate of drug-likeness (QED) is 0.841. The molecule has 0 aromatic carbocycles. The van der Waals surface area contributed by atoms with Gasteiger partial charge in [-0.2, -0.15) is 0 Å². The molecule has 2 aromatic rings. The van der Waals surface area contributed by atoms with Gasteiger partial charge in [0, 0.05) is 19.3 Å². The number of aryl methyl sites for hydroxylation is 1. The molecule has 1 amide bonds. The molecule has 0 aliphatic rings. The molecule has 6 heteroatoms. The molecule has 0 bridgehead atoms. The average molecular weight is 232 g/mol. The number of rotatable bonds is 3. The highest BCUT2D eigenvalue weighted by Gasteiger charge is 2.12. The topological polar surface area (TPSA) is 80.0 Å². The third-order valence-electron chi connectivity index (χ3n) is 2.20. The molecule has 0 atom stereocenters. The summed E-state index contributed by atoms with van der Waals surface area (Å²) in [5.74, 6) is 0.0549. The monoisotopic (exact) mass is 232 g/mol. The first-order valence-corrected chi connectivity index (χ1v) is 5.07. The van der Waals surface area contributed by atoms with Crippen LogP contribution in [0.1, 0.15) is 16.1 Å². The van der Waals surface area contributed by atoms with Crippen molar-refractivity contribution in [1.82, 2.24) is 10.1 Å². The van der Waals surface area contributed by atoms with Gasteiger partial charge in [0.25, 0.3) is 5.91 Å². The van der Waals surface area contributed by atoms with Crippen molar-refractivity contribution >= 4 is 17.5 Å². The maximum absolute atomic E-state index is 11.9. The lowest BCUT2D eigenvalue weighted by Crippen LogP contribution is -2.13. The minimum atomic E-state index is -0.270. The first-order chi connectivity index (χ1) is 8.20. The maximum Gasteiger partial charge on any atom is 0.260 e. The van der Waals surface area contributed by atoms with E-state index in [4.69, 9.17) is 4.52 Å². The van der Waals surface area contributed by atoms with E-state index in [0.717, 1.165) is 0 Å². The Morgan fingerprint density at radius 3 is 2.94 bits per heavy atom. The molecule has 2 N–H and O–H groups in total. The smallest absolute Gasteiger partial charge is 0.260 e. The van der Waals surface area contributed by atoms with Gasteiger partial charge in [-0.3, -0.25) is 15.1 Å². The Bertz CT molecular complexity index is 536. The predicted molar refractivity (Wildman–Crippen MR) is 63.0 cm³/mol. The molecular weight excluding hydrogens is 220 g/mol. The molecule has 17 heavy (non-hydrogen) atoms. The Morgan fingerprint density at radius 2 is 2.29 bits per heavy atom. The summed E-state index contributed by atoms with van der Waals surface area (Å²) in [5, 5.41) is 9.20. The summed E-state index contributed by atoms with van der Waals surface area (Å²) in [7, 11) is 1.73. The first-order valence-electron chi connectivity index (χ1n) is 5.07. The van der Waals surface area contributed by atoms with Crippen LogP contribution in [0.5, 0.6) is 0 Å². The van der Waals surface area contributed by atoms with Crippen LogP contribution in [0, 0.1) is 6.92 Å². The molecule has 2 aromatic heterocycles. The van der Waals surface area contributed by atoms with Crippen molar-refractivity contribution < 1.29 is 9.32 Å². The number of carbonyl (C=O) groups excluding carboxylic acids is 1. The fourth-order valence-corrected chi connectivity index (χ4v) is 1.39. The van der Waals surface area contributed by atoms with Gasteiger partial charge in [0.15, 0.2) is 0 Å². The molecular formula is C11H12N4O2. The lowest BCUT2D eigenvalue weighted by atomic mass is 10.2. The number of hydrogen-bond donors (Lipinski definition) is 2. The van der Waals surface area contributed by atoms with Gasteiger partial charge in [-0.05, 0) is 13.0 Å². The molecule has 2 heterocycles.